The highest BCUT2D eigenvalue weighted by molar-refractivity contribution is 5.98. The molecule has 0 bridgehead atoms. The van der Waals surface area contributed by atoms with Gasteiger partial charge in [0.1, 0.15) is 12.4 Å². The molecule has 2 aromatic carbocycles. The van der Waals surface area contributed by atoms with E-state index in [0.29, 0.717) is 30.0 Å². The Hall–Kier alpha value is -2.70. The van der Waals surface area contributed by atoms with Crippen molar-refractivity contribution < 1.29 is 22.7 Å². The molecule has 1 aliphatic rings. The maximum atomic E-state index is 12.3. The van der Waals surface area contributed by atoms with Crippen LogP contribution in [0.15, 0.2) is 42.5 Å². The fourth-order valence-electron chi connectivity index (χ4n) is 2.34. The van der Waals surface area contributed by atoms with Crippen molar-refractivity contribution in [2.75, 3.05) is 18.5 Å². The zero-order chi connectivity index (χ0) is 16.4. The molecular weight excluding hydrogens is 309 g/mol. The molecule has 0 radical (unpaired) electrons. The molecule has 0 atom stereocenters. The minimum Gasteiger partial charge on any atom is -0.491 e. The molecule has 1 heterocycles. The fourth-order valence-corrected chi connectivity index (χ4v) is 2.34. The lowest BCUT2D eigenvalue weighted by molar-refractivity contribution is -0.0999. The minimum absolute atomic E-state index is 0.0444. The lowest BCUT2D eigenvalue weighted by Gasteiger charge is -2.11. The Morgan fingerprint density at radius 1 is 1.04 bits per heavy atom. The molecule has 1 amide bonds. The first-order chi connectivity index (χ1) is 10.9. The van der Waals surface area contributed by atoms with Gasteiger partial charge in [0.15, 0.2) is 0 Å². The van der Waals surface area contributed by atoms with Crippen LogP contribution in [0.1, 0.15) is 10.4 Å². The number of carbonyl (C=O) groups is 1. The van der Waals surface area contributed by atoms with Crippen molar-refractivity contribution in [3.8, 4) is 16.9 Å². The highest BCUT2D eigenvalue weighted by Gasteiger charge is 2.26. The first-order valence-electron chi connectivity index (χ1n) is 6.93. The molecule has 3 rings (SSSR count). The standard InChI is InChI=1S/C16H13F3N2O2/c17-16(18,19)21-12-4-1-10(2-5-12)11-3-6-14-13(9-11)15(22)20-7-8-23-14/h1-6,9,21H,7-8H2,(H,20,22). The lowest BCUT2D eigenvalue weighted by Crippen LogP contribution is -2.24. The molecule has 2 N–H and O–H groups in total. The van der Waals surface area contributed by atoms with Gasteiger partial charge in [0.25, 0.3) is 5.91 Å². The van der Waals surface area contributed by atoms with Gasteiger partial charge < -0.3 is 10.1 Å². The normalized spacial score (nSPS) is 14.3. The second-order valence-electron chi connectivity index (χ2n) is 5.02. The number of benzene rings is 2. The Kier molecular flexibility index (Phi) is 3.85. The minimum atomic E-state index is -4.47. The SMILES string of the molecule is O=C1NCCOc2ccc(-c3ccc(NC(F)(F)F)cc3)cc21. The van der Waals surface area contributed by atoms with Crippen LogP contribution < -0.4 is 15.4 Å². The van der Waals surface area contributed by atoms with Crippen molar-refractivity contribution in [3.05, 3.63) is 48.0 Å². The van der Waals surface area contributed by atoms with Crippen molar-refractivity contribution in [3.63, 3.8) is 0 Å². The van der Waals surface area contributed by atoms with Crippen molar-refractivity contribution in [1.82, 2.24) is 5.32 Å². The average molecular weight is 322 g/mol. The van der Waals surface area contributed by atoms with E-state index in [1.54, 1.807) is 30.3 Å². The number of alkyl halides is 3. The largest absolute Gasteiger partial charge is 0.491 e. The number of halogens is 3. The maximum absolute atomic E-state index is 12.3. The Bertz CT molecular complexity index is 727. The van der Waals surface area contributed by atoms with E-state index in [1.165, 1.54) is 17.4 Å². The zero-order valence-corrected chi connectivity index (χ0v) is 11.9. The fraction of sp³-hybridized carbons (Fsp3) is 0.188. The highest BCUT2D eigenvalue weighted by atomic mass is 19.4. The molecule has 1 aliphatic heterocycles. The van der Waals surface area contributed by atoms with E-state index >= 15 is 0 Å². The average Bonchev–Trinajstić information content (AvgIpc) is 2.68. The second kappa shape index (κ2) is 5.83. The summed E-state index contributed by atoms with van der Waals surface area (Å²) in [6.07, 6.45) is -4.47. The van der Waals surface area contributed by atoms with Crippen LogP contribution in [0.2, 0.25) is 0 Å². The predicted molar refractivity (Wildman–Crippen MR) is 79.4 cm³/mol. The predicted octanol–water partition coefficient (Wildman–Crippen LogP) is 3.41. The topological polar surface area (TPSA) is 50.4 Å². The molecule has 23 heavy (non-hydrogen) atoms. The molecule has 7 heteroatoms. The van der Waals surface area contributed by atoms with Crippen LogP contribution in [0.3, 0.4) is 0 Å². The van der Waals surface area contributed by atoms with E-state index in [9.17, 15) is 18.0 Å². The Labute approximate surface area is 130 Å². The number of amides is 1. The summed E-state index contributed by atoms with van der Waals surface area (Å²) in [6.45, 7) is 0.830. The van der Waals surface area contributed by atoms with Gasteiger partial charge in [-0.1, -0.05) is 18.2 Å². The molecular formula is C16H13F3N2O2. The van der Waals surface area contributed by atoms with E-state index < -0.39 is 6.30 Å². The van der Waals surface area contributed by atoms with E-state index in [1.807, 2.05) is 0 Å². The molecule has 4 nitrogen and oxygen atoms in total. The van der Waals surface area contributed by atoms with Gasteiger partial charge in [-0.15, -0.1) is 0 Å². The summed E-state index contributed by atoms with van der Waals surface area (Å²) in [5.41, 5.74) is 1.80. The van der Waals surface area contributed by atoms with E-state index in [-0.39, 0.29) is 11.6 Å². The molecule has 0 aromatic heterocycles. The molecule has 2 aromatic rings. The van der Waals surface area contributed by atoms with Crippen LogP contribution in [0.5, 0.6) is 5.75 Å². The van der Waals surface area contributed by atoms with E-state index in [4.69, 9.17) is 4.74 Å². The first kappa shape index (κ1) is 15.2. The molecule has 0 saturated carbocycles. The molecule has 0 saturated heterocycles. The molecule has 0 unspecified atom stereocenters. The number of nitrogens with one attached hydrogen (secondary N) is 2. The third-order valence-electron chi connectivity index (χ3n) is 3.37. The second-order valence-corrected chi connectivity index (χ2v) is 5.02. The Morgan fingerprint density at radius 2 is 1.74 bits per heavy atom. The van der Waals surface area contributed by atoms with Gasteiger partial charge in [-0.25, -0.2) is 0 Å². The number of fused-ring (bicyclic) bond motifs is 1. The Morgan fingerprint density at radius 3 is 2.43 bits per heavy atom. The summed E-state index contributed by atoms with van der Waals surface area (Å²) in [6, 6.07) is 10.9. The van der Waals surface area contributed by atoms with Crippen molar-refractivity contribution in [1.29, 1.82) is 0 Å². The van der Waals surface area contributed by atoms with Crippen LogP contribution in [0.4, 0.5) is 18.9 Å². The van der Waals surface area contributed by atoms with Gasteiger partial charge in [-0.2, -0.15) is 13.2 Å². The van der Waals surface area contributed by atoms with Gasteiger partial charge in [0.05, 0.1) is 12.1 Å². The summed E-state index contributed by atoms with van der Waals surface area (Å²) in [7, 11) is 0. The number of hydrogen-bond donors (Lipinski definition) is 2. The molecule has 120 valence electrons. The molecule has 0 fully saturated rings. The van der Waals surface area contributed by atoms with Gasteiger partial charge >= 0.3 is 6.30 Å². The third-order valence-corrected chi connectivity index (χ3v) is 3.37. The number of carbonyl (C=O) groups excluding carboxylic acids is 1. The van der Waals surface area contributed by atoms with Gasteiger partial charge in [0, 0.05) is 5.69 Å². The van der Waals surface area contributed by atoms with Crippen LogP contribution >= 0.6 is 0 Å². The van der Waals surface area contributed by atoms with Crippen LogP contribution in [-0.2, 0) is 0 Å². The molecule has 0 spiro atoms. The van der Waals surface area contributed by atoms with E-state index in [2.05, 4.69) is 5.32 Å². The van der Waals surface area contributed by atoms with Gasteiger partial charge in [-0.05, 0) is 35.4 Å². The van der Waals surface area contributed by atoms with Crippen molar-refractivity contribution >= 4 is 11.6 Å². The first-order valence-corrected chi connectivity index (χ1v) is 6.93. The van der Waals surface area contributed by atoms with Crippen molar-refractivity contribution in [2.45, 2.75) is 6.30 Å². The summed E-state index contributed by atoms with van der Waals surface area (Å²) in [5, 5.41) is 4.16. The summed E-state index contributed by atoms with van der Waals surface area (Å²) >= 11 is 0. The van der Waals surface area contributed by atoms with Crippen LogP contribution in [0.25, 0.3) is 11.1 Å². The van der Waals surface area contributed by atoms with Crippen molar-refractivity contribution in [2.24, 2.45) is 0 Å². The monoisotopic (exact) mass is 322 g/mol. The van der Waals surface area contributed by atoms with Crippen LogP contribution in [0, 0.1) is 0 Å². The van der Waals surface area contributed by atoms with E-state index in [0.717, 1.165) is 5.56 Å². The molecule has 0 aliphatic carbocycles. The number of hydrogen-bond acceptors (Lipinski definition) is 3. The zero-order valence-electron chi connectivity index (χ0n) is 11.9. The third kappa shape index (κ3) is 3.56. The summed E-state index contributed by atoms with van der Waals surface area (Å²) in [5.74, 6) is 0.272. The van der Waals surface area contributed by atoms with Gasteiger partial charge in [-0.3, -0.25) is 10.1 Å². The Balaban J connectivity index is 1.89. The highest BCUT2D eigenvalue weighted by Crippen LogP contribution is 2.29. The van der Waals surface area contributed by atoms with Crippen LogP contribution in [-0.4, -0.2) is 25.4 Å². The summed E-state index contributed by atoms with van der Waals surface area (Å²) < 4.78 is 42.3. The smallest absolute Gasteiger partial charge is 0.482 e. The number of anilines is 1. The quantitative estimate of drug-likeness (QED) is 0.833. The summed E-state index contributed by atoms with van der Waals surface area (Å²) in [4.78, 5) is 12.0. The van der Waals surface area contributed by atoms with Gasteiger partial charge in [0.2, 0.25) is 0 Å². The number of rotatable bonds is 2. The maximum Gasteiger partial charge on any atom is 0.482 e. The number of ether oxygens (including phenoxy) is 1. The lowest BCUT2D eigenvalue weighted by atomic mass is 10.0.